The predicted molar refractivity (Wildman–Crippen MR) is 422 cm³/mol. The molecule has 0 aromatic heterocycles. The van der Waals surface area contributed by atoms with E-state index in [1.165, 1.54) is 58.2 Å². The van der Waals surface area contributed by atoms with Crippen LogP contribution in [0, 0.1) is 102 Å². The third-order valence-corrected chi connectivity index (χ3v) is 21.5. The summed E-state index contributed by atoms with van der Waals surface area (Å²) in [7, 11) is 8.29. The average Bonchev–Trinajstić information content (AvgIpc) is 0.873. The van der Waals surface area contributed by atoms with Crippen LogP contribution in [0.25, 0.3) is 0 Å². The van der Waals surface area contributed by atoms with Crippen LogP contribution < -0.4 is 0 Å². The van der Waals surface area contributed by atoms with E-state index in [9.17, 15) is 5.11 Å². The lowest BCUT2D eigenvalue weighted by Crippen LogP contribution is -2.46. The Labute approximate surface area is 591 Å². The smallest absolute Gasteiger partial charge is 0.0708 e. The summed E-state index contributed by atoms with van der Waals surface area (Å²) >= 11 is 0. The second-order valence-electron chi connectivity index (χ2n) is 40.9. The predicted octanol–water partition coefficient (Wildman–Crippen LogP) is 24.0. The lowest BCUT2D eigenvalue weighted by atomic mass is 9.75. The Kier molecular flexibility index (Phi) is 52.4. The van der Waals surface area contributed by atoms with Crippen molar-refractivity contribution in [3.8, 4) is 0 Å². The maximum atomic E-state index is 9.57. The maximum Gasteiger partial charge on any atom is 0.0708 e. The van der Waals surface area contributed by atoms with Gasteiger partial charge in [-0.15, -0.1) is 0 Å². The first-order chi connectivity index (χ1) is 41.1. The molecule has 3 rings (SSSR count). The van der Waals surface area contributed by atoms with Crippen LogP contribution in [0.15, 0.2) is 0 Å². The van der Waals surface area contributed by atoms with Gasteiger partial charge in [-0.05, 0) is 210 Å². The number of aliphatic hydroxyl groups is 2. The van der Waals surface area contributed by atoms with E-state index in [0.717, 1.165) is 55.6 Å². The van der Waals surface area contributed by atoms with Crippen molar-refractivity contribution in [2.45, 2.75) is 385 Å². The molecule has 3 fully saturated rings. The van der Waals surface area contributed by atoms with Crippen LogP contribution in [-0.2, 0) is 14.2 Å². The molecule has 13 atom stereocenters. The minimum Gasteiger partial charge on any atom is -0.393 e. The Morgan fingerprint density at radius 2 is 0.796 bits per heavy atom. The third-order valence-electron chi connectivity index (χ3n) is 21.5. The number of likely N-dealkylation sites (N-methyl/N-ethyl adjacent to an activating group) is 2. The highest BCUT2D eigenvalue weighted by Crippen LogP contribution is 2.37. The molecule has 0 bridgehead atoms. The van der Waals surface area contributed by atoms with Crippen molar-refractivity contribution < 1.29 is 24.4 Å². The second-order valence-corrected chi connectivity index (χ2v) is 40.9. The number of methoxy groups -OCH3 is 1. The second kappa shape index (κ2) is 47.0. The lowest BCUT2D eigenvalue weighted by molar-refractivity contribution is -0.0589. The molecule has 0 radical (unpaired) electrons. The van der Waals surface area contributed by atoms with Gasteiger partial charge < -0.3 is 39.1 Å². The number of hydrogen-bond donors (Lipinski definition) is 2. The summed E-state index contributed by atoms with van der Waals surface area (Å²) < 4.78 is 16.9. The van der Waals surface area contributed by atoms with Gasteiger partial charge in [0.15, 0.2) is 0 Å². The molecule has 3 saturated heterocycles. The third kappa shape index (κ3) is 57.1. The van der Waals surface area contributed by atoms with Crippen LogP contribution in [0.4, 0.5) is 0 Å². The summed E-state index contributed by atoms with van der Waals surface area (Å²) in [6, 6.07) is 0. The van der Waals surface area contributed by atoms with Crippen molar-refractivity contribution in [3.63, 3.8) is 0 Å². The molecule has 0 spiro atoms. The van der Waals surface area contributed by atoms with Gasteiger partial charge in [-0.1, -0.05) is 262 Å². The van der Waals surface area contributed by atoms with Crippen molar-refractivity contribution in [2.24, 2.45) is 102 Å². The minimum absolute atomic E-state index is 0.118. The number of likely N-dealkylation sites (tertiary alicyclic amines) is 3. The van der Waals surface area contributed by atoms with Gasteiger partial charge in [0.1, 0.15) is 0 Å². The average molecular weight is 1330 g/mol. The number of ether oxygens (including phenoxy) is 3. The molecule has 0 amide bonds. The monoisotopic (exact) mass is 1330 g/mol. The molecular formula is C85H185N3O5. The van der Waals surface area contributed by atoms with E-state index in [4.69, 9.17) is 19.3 Å². The minimum atomic E-state index is -0.190. The van der Waals surface area contributed by atoms with E-state index >= 15 is 0 Å². The van der Waals surface area contributed by atoms with E-state index < -0.39 is 0 Å². The first-order valence-corrected chi connectivity index (χ1v) is 38.3. The van der Waals surface area contributed by atoms with Gasteiger partial charge in [-0.25, -0.2) is 0 Å². The number of rotatable bonds is 11. The van der Waals surface area contributed by atoms with Crippen LogP contribution in [-0.4, -0.2) is 135 Å². The van der Waals surface area contributed by atoms with E-state index in [-0.39, 0.29) is 17.6 Å². The molecule has 13 unspecified atom stereocenters. The quantitative estimate of drug-likeness (QED) is 0.212. The van der Waals surface area contributed by atoms with Gasteiger partial charge in [0.25, 0.3) is 0 Å². The molecular weight excluding hydrogens is 1140 g/mol. The van der Waals surface area contributed by atoms with Crippen molar-refractivity contribution >= 4 is 0 Å². The van der Waals surface area contributed by atoms with E-state index in [1.54, 1.807) is 7.11 Å². The molecule has 570 valence electrons. The highest BCUT2D eigenvalue weighted by Gasteiger charge is 2.35. The van der Waals surface area contributed by atoms with Crippen LogP contribution in [0.1, 0.15) is 343 Å². The molecule has 3 heterocycles. The number of piperidine rings is 3. The molecule has 3 aliphatic heterocycles. The van der Waals surface area contributed by atoms with Gasteiger partial charge >= 0.3 is 0 Å². The zero-order valence-corrected chi connectivity index (χ0v) is 73.4. The lowest BCUT2D eigenvalue weighted by Gasteiger charge is -2.42. The van der Waals surface area contributed by atoms with Crippen LogP contribution in [0.3, 0.4) is 0 Å². The zero-order chi connectivity index (χ0) is 75.8. The van der Waals surface area contributed by atoms with Gasteiger partial charge in [-0.3, -0.25) is 0 Å². The SMILES string of the molecule is CC(C)C(C)C(C)(C)C.CC(C)OC(C)C(C)C(C)(C)C.CC(C)OC1CC(C(C)(C)C)CN(C)C1.CC(O)C(C)C(C)(C)C.CCC(C)C(C)(C)C.CCCC(C)(C)C.CN1CC(O)CC(C(C)(C)C)C1.CN1CCCC(C(C)(C)C)C1.COC(C)C(C)C(C)(C)C. The first-order valence-electron chi connectivity index (χ1n) is 38.3. The fraction of sp³-hybridized carbons (Fsp3) is 1.00. The maximum absolute atomic E-state index is 9.57. The van der Waals surface area contributed by atoms with Crippen LogP contribution in [0.2, 0.25) is 0 Å². The highest BCUT2D eigenvalue weighted by atomic mass is 16.5. The topological polar surface area (TPSA) is 77.9 Å². The van der Waals surface area contributed by atoms with Crippen molar-refractivity contribution in [2.75, 3.05) is 67.5 Å². The summed E-state index contributed by atoms with van der Waals surface area (Å²) in [4.78, 5) is 7.09. The molecule has 0 aromatic rings. The molecule has 0 saturated carbocycles. The van der Waals surface area contributed by atoms with Crippen LogP contribution in [0.5, 0.6) is 0 Å². The Bertz CT molecular complexity index is 1690. The van der Waals surface area contributed by atoms with Gasteiger partial charge in [0, 0.05) is 39.8 Å². The van der Waals surface area contributed by atoms with Gasteiger partial charge in [0.05, 0.1) is 42.7 Å². The van der Waals surface area contributed by atoms with Crippen molar-refractivity contribution in [1.29, 1.82) is 0 Å². The van der Waals surface area contributed by atoms with E-state index in [1.807, 2.05) is 6.92 Å². The molecule has 0 aromatic carbocycles. The van der Waals surface area contributed by atoms with Crippen molar-refractivity contribution in [1.82, 2.24) is 14.7 Å². The molecule has 0 aliphatic carbocycles. The Morgan fingerprint density at radius 1 is 0.430 bits per heavy atom. The summed E-state index contributed by atoms with van der Waals surface area (Å²) in [6.45, 7) is 103. The number of aliphatic hydroxyl groups excluding tert-OH is 2. The first kappa shape index (κ1) is 104. The summed E-state index contributed by atoms with van der Waals surface area (Å²) in [6.07, 6.45) is 10.5. The van der Waals surface area contributed by atoms with Gasteiger partial charge in [-0.2, -0.15) is 0 Å². The largest absolute Gasteiger partial charge is 0.393 e. The fourth-order valence-corrected chi connectivity index (χ4v) is 11.4. The molecule has 93 heavy (non-hydrogen) atoms. The Balaban J connectivity index is -0.000000231. The van der Waals surface area contributed by atoms with Gasteiger partial charge in [0.2, 0.25) is 0 Å². The standard InChI is InChI=1S/C13H27NO.C11H24O.C10H21NO.C10H21N.C9H20O.C9H20.C8H18O.C8H18.C7H16/c1-10(2)15-12-7-11(13(3,4)5)8-14(6)9-12;1-8(2)12-10(4)9(3)11(5,6)7;1-10(2,3)8-5-9(12)7-11(4)6-8;1-10(2,3)9-6-5-7-11(4)8-9;1-7(8(2)10-6)9(3,4)5;1-7(2)8(3)9(4,5)6;1-6(7(2)9)8(3,4)5;1-6-7(2)8(3,4)5;1-5-6-7(2,3)4/h10-12H,7-9H2,1-6H3;8-10H,1-7H3;8-9,12H,5-7H2,1-4H3;9H,5-8H2,1-4H3;7-8H,1-6H3;7-8H,1-6H3;6-7,9H,1-5H3;7H,6H2,1-5H3;5-6H2,1-4H3. The highest BCUT2D eigenvalue weighted by molar-refractivity contribution is 4.87. The number of β-amino-alcohol motifs (C(OH)–C–C–N with tert-alkyl or cyclic N) is 1. The number of hydrogen-bond acceptors (Lipinski definition) is 8. The Hall–Kier alpha value is -0.320. The Morgan fingerprint density at radius 3 is 1.00 bits per heavy atom. The van der Waals surface area contributed by atoms with E-state index in [2.05, 4.69) is 327 Å². The van der Waals surface area contributed by atoms with Crippen molar-refractivity contribution in [3.05, 3.63) is 0 Å². The van der Waals surface area contributed by atoms with E-state index in [0.29, 0.717) is 97.5 Å². The summed E-state index contributed by atoms with van der Waals surface area (Å²) in [5, 5.41) is 18.7. The molecule has 8 heteroatoms. The summed E-state index contributed by atoms with van der Waals surface area (Å²) in [5.41, 5.74) is 3.70. The van der Waals surface area contributed by atoms with Crippen LogP contribution >= 0.6 is 0 Å². The molecule has 8 nitrogen and oxygen atoms in total. The fourth-order valence-electron chi connectivity index (χ4n) is 11.4. The molecule has 3 aliphatic rings. The number of nitrogens with zero attached hydrogens (tertiary/aromatic N) is 3. The molecule has 2 N–H and O–H groups in total. The normalized spacial score (nSPS) is 22.6. The zero-order valence-electron chi connectivity index (χ0n) is 73.4. The summed E-state index contributed by atoms with van der Waals surface area (Å²) in [5.74, 6) is 6.34.